The van der Waals surface area contributed by atoms with E-state index in [2.05, 4.69) is 5.32 Å². The van der Waals surface area contributed by atoms with Gasteiger partial charge in [0.15, 0.2) is 11.5 Å². The summed E-state index contributed by atoms with van der Waals surface area (Å²) in [4.78, 5) is 13.6. The lowest BCUT2D eigenvalue weighted by atomic mass is 10.1. The first kappa shape index (κ1) is 17.5. The molecule has 0 bridgehead atoms. The van der Waals surface area contributed by atoms with Crippen LogP contribution >= 0.6 is 0 Å². The summed E-state index contributed by atoms with van der Waals surface area (Å²) in [7, 11) is 4.87. The average Bonchev–Trinajstić information content (AvgIpc) is 2.61. The number of rotatable bonds is 6. The molecular weight excluding hydrogens is 308 g/mol. The number of phenols is 1. The third-order valence-electron chi connectivity index (χ3n) is 3.68. The highest BCUT2D eigenvalue weighted by molar-refractivity contribution is 5.91. The van der Waals surface area contributed by atoms with E-state index in [1.54, 1.807) is 45.5 Å². The standard InChI is InChI=1S/C18H22N2O4/c1-20(14-5-7-15(21)8-6-14)18(22)19-11-10-13-4-9-16(23-2)17(12-13)24-3/h4-9,12,21H,10-11H2,1-3H3,(H,19,22). The number of phenolic OH excluding ortho intramolecular Hbond substituents is 1. The van der Waals surface area contributed by atoms with E-state index in [0.29, 0.717) is 30.2 Å². The van der Waals surface area contributed by atoms with Gasteiger partial charge < -0.3 is 19.9 Å². The Labute approximate surface area is 141 Å². The molecule has 2 aromatic carbocycles. The van der Waals surface area contributed by atoms with Crippen LogP contribution in [0.1, 0.15) is 5.56 Å². The van der Waals surface area contributed by atoms with Gasteiger partial charge in [-0.05, 0) is 48.4 Å². The van der Waals surface area contributed by atoms with E-state index in [9.17, 15) is 9.90 Å². The van der Waals surface area contributed by atoms with Gasteiger partial charge in [0.2, 0.25) is 0 Å². The van der Waals surface area contributed by atoms with E-state index in [4.69, 9.17) is 9.47 Å². The van der Waals surface area contributed by atoms with Gasteiger partial charge in [-0.25, -0.2) is 4.79 Å². The van der Waals surface area contributed by atoms with Gasteiger partial charge in [-0.15, -0.1) is 0 Å². The molecule has 2 N–H and O–H groups in total. The predicted molar refractivity (Wildman–Crippen MR) is 93.2 cm³/mol. The molecule has 2 amide bonds. The van der Waals surface area contributed by atoms with Crippen LogP contribution in [0.15, 0.2) is 42.5 Å². The molecule has 0 unspecified atom stereocenters. The predicted octanol–water partition coefficient (Wildman–Crippen LogP) is 2.80. The lowest BCUT2D eigenvalue weighted by molar-refractivity contribution is 0.247. The first-order chi connectivity index (χ1) is 11.5. The normalized spacial score (nSPS) is 10.1. The fourth-order valence-electron chi connectivity index (χ4n) is 2.26. The van der Waals surface area contributed by atoms with Crippen LogP contribution in [0.4, 0.5) is 10.5 Å². The van der Waals surface area contributed by atoms with Gasteiger partial charge in [-0.1, -0.05) is 6.07 Å². The highest BCUT2D eigenvalue weighted by Gasteiger charge is 2.10. The number of urea groups is 1. The van der Waals surface area contributed by atoms with Gasteiger partial charge >= 0.3 is 6.03 Å². The number of benzene rings is 2. The Morgan fingerprint density at radius 3 is 2.38 bits per heavy atom. The smallest absolute Gasteiger partial charge is 0.321 e. The average molecular weight is 330 g/mol. The summed E-state index contributed by atoms with van der Waals surface area (Å²) >= 11 is 0. The van der Waals surface area contributed by atoms with Crippen LogP contribution in [0.25, 0.3) is 0 Å². The van der Waals surface area contributed by atoms with Crippen LogP contribution in [0.3, 0.4) is 0 Å². The van der Waals surface area contributed by atoms with E-state index in [1.807, 2.05) is 18.2 Å². The second-order valence-electron chi connectivity index (χ2n) is 5.25. The minimum absolute atomic E-state index is 0.168. The van der Waals surface area contributed by atoms with Crippen LogP contribution in [-0.2, 0) is 6.42 Å². The molecule has 0 saturated carbocycles. The summed E-state index contributed by atoms with van der Waals surface area (Å²) in [5.41, 5.74) is 1.75. The van der Waals surface area contributed by atoms with Crippen molar-refractivity contribution < 1.29 is 19.4 Å². The largest absolute Gasteiger partial charge is 0.508 e. The zero-order valence-electron chi connectivity index (χ0n) is 14.1. The summed E-state index contributed by atoms with van der Waals surface area (Å²) in [6.45, 7) is 0.497. The molecule has 0 spiro atoms. The van der Waals surface area contributed by atoms with Gasteiger partial charge in [-0.2, -0.15) is 0 Å². The Hall–Kier alpha value is -2.89. The zero-order chi connectivity index (χ0) is 17.5. The maximum atomic E-state index is 12.1. The third kappa shape index (κ3) is 4.32. The second-order valence-corrected chi connectivity index (χ2v) is 5.25. The Kier molecular flexibility index (Phi) is 5.89. The van der Waals surface area contributed by atoms with Crippen LogP contribution in [0, 0.1) is 0 Å². The van der Waals surface area contributed by atoms with E-state index in [1.165, 1.54) is 4.90 Å². The molecule has 24 heavy (non-hydrogen) atoms. The second kappa shape index (κ2) is 8.10. The number of carbonyl (C=O) groups is 1. The first-order valence-corrected chi connectivity index (χ1v) is 7.56. The zero-order valence-corrected chi connectivity index (χ0v) is 14.1. The monoisotopic (exact) mass is 330 g/mol. The molecule has 0 radical (unpaired) electrons. The molecular formula is C18H22N2O4. The molecule has 0 heterocycles. The lowest BCUT2D eigenvalue weighted by Gasteiger charge is -2.18. The first-order valence-electron chi connectivity index (χ1n) is 7.56. The maximum Gasteiger partial charge on any atom is 0.321 e. The van der Waals surface area contributed by atoms with Crippen LogP contribution < -0.4 is 19.7 Å². The number of carbonyl (C=O) groups excluding carboxylic acids is 1. The fourth-order valence-corrected chi connectivity index (χ4v) is 2.26. The summed E-state index contributed by atoms with van der Waals surface area (Å²) in [6, 6.07) is 11.9. The van der Waals surface area contributed by atoms with Gasteiger partial charge in [-0.3, -0.25) is 4.90 Å². The minimum atomic E-state index is -0.207. The van der Waals surface area contributed by atoms with E-state index in [0.717, 1.165) is 5.56 Å². The Balaban J connectivity index is 1.89. The number of ether oxygens (including phenoxy) is 2. The van der Waals surface area contributed by atoms with E-state index < -0.39 is 0 Å². The van der Waals surface area contributed by atoms with Crippen molar-refractivity contribution in [1.82, 2.24) is 5.32 Å². The molecule has 0 fully saturated rings. The maximum absolute atomic E-state index is 12.1. The lowest BCUT2D eigenvalue weighted by Crippen LogP contribution is -2.38. The Bertz CT molecular complexity index is 686. The number of amides is 2. The molecule has 0 aromatic heterocycles. The number of aromatic hydroxyl groups is 1. The molecule has 2 rings (SSSR count). The number of hydrogen-bond acceptors (Lipinski definition) is 4. The van der Waals surface area contributed by atoms with Crippen molar-refractivity contribution in [1.29, 1.82) is 0 Å². The molecule has 128 valence electrons. The highest BCUT2D eigenvalue weighted by Crippen LogP contribution is 2.27. The molecule has 2 aromatic rings. The van der Waals surface area contributed by atoms with Crippen LogP contribution in [0.2, 0.25) is 0 Å². The van der Waals surface area contributed by atoms with Crippen molar-refractivity contribution in [3.8, 4) is 17.2 Å². The molecule has 6 nitrogen and oxygen atoms in total. The summed E-state index contributed by atoms with van der Waals surface area (Å²) < 4.78 is 10.5. The van der Waals surface area contributed by atoms with E-state index >= 15 is 0 Å². The van der Waals surface area contributed by atoms with E-state index in [-0.39, 0.29) is 11.8 Å². The summed E-state index contributed by atoms with van der Waals surface area (Å²) in [5.74, 6) is 1.51. The van der Waals surface area contributed by atoms with Crippen molar-refractivity contribution in [2.45, 2.75) is 6.42 Å². The SMILES string of the molecule is COc1ccc(CCNC(=O)N(C)c2ccc(O)cc2)cc1OC. The highest BCUT2D eigenvalue weighted by atomic mass is 16.5. The van der Waals surface area contributed by atoms with Crippen molar-refractivity contribution in [3.63, 3.8) is 0 Å². The third-order valence-corrected chi connectivity index (χ3v) is 3.68. The number of nitrogens with one attached hydrogen (secondary N) is 1. The molecule has 0 aliphatic heterocycles. The Morgan fingerprint density at radius 2 is 1.75 bits per heavy atom. The summed E-state index contributed by atoms with van der Waals surface area (Å²) in [6.07, 6.45) is 0.676. The molecule has 0 aliphatic rings. The fraction of sp³-hybridized carbons (Fsp3) is 0.278. The van der Waals surface area contributed by atoms with Crippen molar-refractivity contribution in [2.24, 2.45) is 0 Å². The van der Waals surface area contributed by atoms with Gasteiger partial charge in [0, 0.05) is 19.3 Å². The topological polar surface area (TPSA) is 71.0 Å². The molecule has 0 saturated heterocycles. The van der Waals surface area contributed by atoms with Crippen molar-refractivity contribution >= 4 is 11.7 Å². The number of anilines is 1. The molecule has 6 heteroatoms. The van der Waals surface area contributed by atoms with Crippen molar-refractivity contribution in [3.05, 3.63) is 48.0 Å². The molecule has 0 atom stereocenters. The minimum Gasteiger partial charge on any atom is -0.508 e. The Morgan fingerprint density at radius 1 is 1.08 bits per heavy atom. The van der Waals surface area contributed by atoms with Crippen LogP contribution in [-0.4, -0.2) is 38.9 Å². The van der Waals surface area contributed by atoms with Crippen molar-refractivity contribution in [2.75, 3.05) is 32.7 Å². The number of nitrogens with zero attached hydrogens (tertiary/aromatic N) is 1. The van der Waals surface area contributed by atoms with Gasteiger partial charge in [0.1, 0.15) is 5.75 Å². The number of methoxy groups -OCH3 is 2. The van der Waals surface area contributed by atoms with Gasteiger partial charge in [0.25, 0.3) is 0 Å². The molecule has 0 aliphatic carbocycles. The quantitative estimate of drug-likeness (QED) is 0.854. The number of hydrogen-bond donors (Lipinski definition) is 2. The van der Waals surface area contributed by atoms with Crippen LogP contribution in [0.5, 0.6) is 17.2 Å². The van der Waals surface area contributed by atoms with Gasteiger partial charge in [0.05, 0.1) is 14.2 Å². The summed E-state index contributed by atoms with van der Waals surface area (Å²) in [5, 5.41) is 12.1.